The molecular formula is C11H14F3N3O2. The number of rotatable bonds is 4. The molecule has 0 fully saturated rings. The number of benzene rings is 1. The minimum atomic E-state index is -4.44. The summed E-state index contributed by atoms with van der Waals surface area (Å²) < 4.78 is 40.7. The SMILES string of the molecule is COc1ccc(N)cc1CNC(=O)NCC(F)(F)F. The molecule has 106 valence electrons. The molecule has 8 heteroatoms. The number of hydrogen-bond acceptors (Lipinski definition) is 3. The molecule has 0 aliphatic rings. The van der Waals surface area contributed by atoms with Crippen molar-refractivity contribution in [3.05, 3.63) is 23.8 Å². The molecule has 19 heavy (non-hydrogen) atoms. The van der Waals surface area contributed by atoms with Gasteiger partial charge in [0.25, 0.3) is 0 Å². The second-order valence-electron chi connectivity index (χ2n) is 3.72. The topological polar surface area (TPSA) is 76.4 Å². The lowest BCUT2D eigenvalue weighted by atomic mass is 10.2. The van der Waals surface area contributed by atoms with E-state index in [0.717, 1.165) is 0 Å². The zero-order valence-electron chi connectivity index (χ0n) is 10.2. The van der Waals surface area contributed by atoms with E-state index in [-0.39, 0.29) is 6.54 Å². The van der Waals surface area contributed by atoms with Gasteiger partial charge in [0.15, 0.2) is 0 Å². The van der Waals surface area contributed by atoms with Gasteiger partial charge in [-0.1, -0.05) is 0 Å². The zero-order valence-corrected chi connectivity index (χ0v) is 10.2. The smallest absolute Gasteiger partial charge is 0.405 e. The average molecular weight is 277 g/mol. The quantitative estimate of drug-likeness (QED) is 0.732. The van der Waals surface area contributed by atoms with Crippen molar-refractivity contribution in [2.24, 2.45) is 0 Å². The van der Waals surface area contributed by atoms with Gasteiger partial charge >= 0.3 is 12.2 Å². The summed E-state index contributed by atoms with van der Waals surface area (Å²) in [7, 11) is 1.44. The van der Waals surface area contributed by atoms with Gasteiger partial charge in [-0.2, -0.15) is 13.2 Å². The summed E-state index contributed by atoms with van der Waals surface area (Å²) in [5, 5.41) is 3.99. The van der Waals surface area contributed by atoms with E-state index in [2.05, 4.69) is 5.32 Å². The van der Waals surface area contributed by atoms with Crippen molar-refractivity contribution in [3.63, 3.8) is 0 Å². The van der Waals surface area contributed by atoms with Gasteiger partial charge in [-0.05, 0) is 18.2 Å². The van der Waals surface area contributed by atoms with Crippen LogP contribution < -0.4 is 21.1 Å². The second-order valence-corrected chi connectivity index (χ2v) is 3.72. The molecule has 0 aliphatic carbocycles. The molecule has 0 aliphatic heterocycles. The molecule has 1 aromatic rings. The monoisotopic (exact) mass is 277 g/mol. The Hall–Kier alpha value is -2.12. The van der Waals surface area contributed by atoms with Gasteiger partial charge in [0.2, 0.25) is 0 Å². The molecule has 2 amide bonds. The van der Waals surface area contributed by atoms with E-state index in [1.165, 1.54) is 7.11 Å². The van der Waals surface area contributed by atoms with Gasteiger partial charge in [-0.3, -0.25) is 0 Å². The number of halogens is 3. The van der Waals surface area contributed by atoms with Crippen LogP contribution in [0.15, 0.2) is 18.2 Å². The van der Waals surface area contributed by atoms with Crippen molar-refractivity contribution < 1.29 is 22.7 Å². The summed E-state index contributed by atoms with van der Waals surface area (Å²) in [5.41, 5.74) is 6.61. The number of anilines is 1. The van der Waals surface area contributed by atoms with E-state index in [0.29, 0.717) is 17.0 Å². The third-order valence-electron chi connectivity index (χ3n) is 2.19. The number of hydrogen-bond donors (Lipinski definition) is 3. The molecule has 0 spiro atoms. The number of nitrogens with one attached hydrogen (secondary N) is 2. The zero-order chi connectivity index (χ0) is 14.5. The van der Waals surface area contributed by atoms with Crippen LogP contribution in [-0.4, -0.2) is 25.9 Å². The molecular weight excluding hydrogens is 263 g/mol. The molecule has 0 saturated heterocycles. The number of carbonyl (C=O) groups is 1. The molecule has 0 heterocycles. The van der Waals surface area contributed by atoms with Crippen LogP contribution in [0.25, 0.3) is 0 Å². The van der Waals surface area contributed by atoms with Crippen LogP contribution in [-0.2, 0) is 6.54 Å². The number of nitrogen functional groups attached to an aromatic ring is 1. The van der Waals surface area contributed by atoms with Crippen molar-refractivity contribution in [2.75, 3.05) is 19.4 Å². The van der Waals surface area contributed by atoms with Gasteiger partial charge in [0.1, 0.15) is 12.3 Å². The molecule has 4 N–H and O–H groups in total. The number of ether oxygens (including phenoxy) is 1. The number of nitrogens with two attached hydrogens (primary N) is 1. The Balaban J connectivity index is 2.52. The lowest BCUT2D eigenvalue weighted by Crippen LogP contribution is -2.40. The van der Waals surface area contributed by atoms with Crippen molar-refractivity contribution >= 4 is 11.7 Å². The molecule has 0 saturated carbocycles. The first-order valence-corrected chi connectivity index (χ1v) is 5.32. The van der Waals surface area contributed by atoms with Crippen LogP contribution in [0.3, 0.4) is 0 Å². The van der Waals surface area contributed by atoms with Crippen LogP contribution in [0.1, 0.15) is 5.56 Å². The standard InChI is InChI=1S/C11H14F3N3O2/c1-19-9-3-2-8(15)4-7(9)5-16-10(18)17-6-11(12,13)14/h2-4H,5-6,15H2,1H3,(H2,16,17,18). The van der Waals surface area contributed by atoms with Gasteiger partial charge in [0.05, 0.1) is 7.11 Å². The molecule has 1 rings (SSSR count). The Morgan fingerprint density at radius 2 is 2.05 bits per heavy atom. The first kappa shape index (κ1) is 14.9. The molecule has 5 nitrogen and oxygen atoms in total. The van der Waals surface area contributed by atoms with E-state index in [1.54, 1.807) is 23.5 Å². The van der Waals surface area contributed by atoms with Crippen molar-refractivity contribution in [2.45, 2.75) is 12.7 Å². The first-order valence-electron chi connectivity index (χ1n) is 5.32. The van der Waals surface area contributed by atoms with Crippen molar-refractivity contribution in [3.8, 4) is 5.75 Å². The van der Waals surface area contributed by atoms with Gasteiger partial charge in [0, 0.05) is 17.8 Å². The molecule has 1 aromatic carbocycles. The summed E-state index contributed by atoms with van der Waals surface area (Å²) in [4.78, 5) is 11.2. The highest BCUT2D eigenvalue weighted by atomic mass is 19.4. The predicted octanol–water partition coefficient (Wildman–Crippen LogP) is 1.64. The summed E-state index contributed by atoms with van der Waals surface area (Å²) >= 11 is 0. The fraction of sp³-hybridized carbons (Fsp3) is 0.364. The number of methoxy groups -OCH3 is 1. The van der Waals surface area contributed by atoms with Gasteiger partial charge in [-0.25, -0.2) is 4.79 Å². The third kappa shape index (κ3) is 5.36. The summed E-state index contributed by atoms with van der Waals surface area (Å²) in [6.45, 7) is -1.37. The van der Waals surface area contributed by atoms with E-state index in [4.69, 9.17) is 10.5 Å². The minimum Gasteiger partial charge on any atom is -0.496 e. The van der Waals surface area contributed by atoms with Crippen LogP contribution in [0.4, 0.5) is 23.7 Å². The highest BCUT2D eigenvalue weighted by molar-refractivity contribution is 5.74. The van der Waals surface area contributed by atoms with Crippen molar-refractivity contribution in [1.82, 2.24) is 10.6 Å². The van der Waals surface area contributed by atoms with Crippen LogP contribution in [0, 0.1) is 0 Å². The van der Waals surface area contributed by atoms with Gasteiger partial charge in [-0.15, -0.1) is 0 Å². The Labute approximate surface area is 107 Å². The van der Waals surface area contributed by atoms with Crippen LogP contribution >= 0.6 is 0 Å². The lowest BCUT2D eigenvalue weighted by molar-refractivity contribution is -0.122. The average Bonchev–Trinajstić information content (AvgIpc) is 2.33. The molecule has 0 unspecified atom stereocenters. The normalized spacial score (nSPS) is 10.9. The second kappa shape index (κ2) is 6.17. The molecule has 0 aromatic heterocycles. The Morgan fingerprint density at radius 3 is 2.63 bits per heavy atom. The van der Waals surface area contributed by atoms with E-state index in [9.17, 15) is 18.0 Å². The third-order valence-corrected chi connectivity index (χ3v) is 2.19. The van der Waals surface area contributed by atoms with E-state index >= 15 is 0 Å². The largest absolute Gasteiger partial charge is 0.496 e. The highest BCUT2D eigenvalue weighted by Gasteiger charge is 2.27. The Morgan fingerprint density at radius 1 is 1.37 bits per heavy atom. The maximum Gasteiger partial charge on any atom is 0.405 e. The van der Waals surface area contributed by atoms with E-state index in [1.807, 2.05) is 0 Å². The lowest BCUT2D eigenvalue weighted by Gasteiger charge is -2.12. The maximum atomic E-state index is 11.9. The molecule has 0 radical (unpaired) electrons. The summed E-state index contributed by atoms with van der Waals surface area (Å²) in [6.07, 6.45) is -4.44. The molecule has 0 bridgehead atoms. The molecule has 0 atom stereocenters. The number of alkyl halides is 3. The predicted molar refractivity (Wildman–Crippen MR) is 63.7 cm³/mol. The Bertz CT molecular complexity index is 449. The number of urea groups is 1. The van der Waals surface area contributed by atoms with Crippen LogP contribution in [0.2, 0.25) is 0 Å². The van der Waals surface area contributed by atoms with E-state index < -0.39 is 18.8 Å². The number of carbonyl (C=O) groups excluding carboxylic acids is 1. The van der Waals surface area contributed by atoms with Crippen LogP contribution in [0.5, 0.6) is 5.75 Å². The Kier molecular flexibility index (Phi) is 4.85. The first-order chi connectivity index (χ1) is 8.81. The summed E-state index contributed by atoms with van der Waals surface area (Å²) in [6, 6.07) is 3.89. The fourth-order valence-corrected chi connectivity index (χ4v) is 1.36. The fourth-order valence-electron chi connectivity index (χ4n) is 1.36. The van der Waals surface area contributed by atoms with Gasteiger partial charge < -0.3 is 21.1 Å². The number of amides is 2. The van der Waals surface area contributed by atoms with Crippen molar-refractivity contribution in [1.29, 1.82) is 0 Å². The highest BCUT2D eigenvalue weighted by Crippen LogP contribution is 2.20. The minimum absolute atomic E-state index is 0.0118. The maximum absolute atomic E-state index is 11.9. The summed E-state index contributed by atoms with van der Waals surface area (Å²) in [5.74, 6) is 0.491.